The number of nitrogens with two attached hydrogens (primary N) is 2. The van der Waals surface area contributed by atoms with Crippen LogP contribution in [0.4, 0.5) is 0 Å². The van der Waals surface area contributed by atoms with Crippen LogP contribution in [0, 0.1) is 0 Å². The molecule has 0 heterocycles. The van der Waals surface area contributed by atoms with E-state index in [9.17, 15) is 0 Å². The number of hydrogen-bond donors (Lipinski definition) is 4. The van der Waals surface area contributed by atoms with Gasteiger partial charge in [-0.3, -0.25) is 0 Å². The van der Waals surface area contributed by atoms with Crippen molar-refractivity contribution in [3.63, 3.8) is 0 Å². The standard InChI is InChI=1S/C7H6O.C2H8N2.Fe.H2O/c1-6-4-2-3-5-7(6)8;3-1-2-4;;/h1-5,8H;1-4H2;;1H2/q;;+1;/p-1. The summed E-state index contributed by atoms with van der Waals surface area (Å²) in [6, 6.07) is 6.87. The molecule has 14 heavy (non-hydrogen) atoms. The van der Waals surface area contributed by atoms with Crippen LogP contribution in [-0.2, 0) is 14.8 Å². The first-order valence-corrected chi connectivity index (χ1v) is 5.15. The van der Waals surface area contributed by atoms with Crippen molar-refractivity contribution in [2.24, 2.45) is 11.5 Å². The van der Waals surface area contributed by atoms with Crippen LogP contribution in [0.25, 0.3) is 0 Å². The van der Waals surface area contributed by atoms with E-state index in [1.54, 1.807) is 29.2 Å². The van der Waals surface area contributed by atoms with E-state index in [0.29, 0.717) is 18.7 Å². The number of hydrogen-bond acceptors (Lipinski definition) is 4. The zero-order valence-electron chi connectivity index (χ0n) is 7.70. The Balaban J connectivity index is 0.000000364. The van der Waals surface area contributed by atoms with E-state index in [1.807, 2.05) is 0 Å². The normalized spacial score (nSPS) is 10.2. The Hall–Kier alpha value is -0.711. The molecule has 1 aromatic carbocycles. The zero-order chi connectivity index (χ0) is 10.8. The van der Waals surface area contributed by atoms with E-state index in [-0.39, 0.29) is 20.6 Å². The van der Waals surface area contributed by atoms with E-state index in [0.717, 1.165) is 0 Å². The van der Waals surface area contributed by atoms with Crippen molar-refractivity contribution >= 4 is 4.92 Å². The molecule has 6 N–H and O–H groups in total. The van der Waals surface area contributed by atoms with Crippen molar-refractivity contribution in [2.45, 2.75) is 0 Å². The van der Waals surface area contributed by atoms with Gasteiger partial charge >= 0.3 is 64.6 Å². The van der Waals surface area contributed by atoms with Crippen LogP contribution in [-0.4, -0.2) is 27.3 Å². The summed E-state index contributed by atoms with van der Waals surface area (Å²) in [4.78, 5) is 1.55. The molecule has 0 bridgehead atoms. The summed E-state index contributed by atoms with van der Waals surface area (Å²) in [5, 5.41) is 9.10. The maximum atomic E-state index is 9.10. The van der Waals surface area contributed by atoms with Gasteiger partial charge in [0.25, 0.3) is 0 Å². The van der Waals surface area contributed by atoms with E-state index in [4.69, 9.17) is 20.8 Å². The summed E-state index contributed by atoms with van der Waals surface area (Å²) >= 11 is -0.0441. The van der Waals surface area contributed by atoms with Gasteiger partial charge in [-0.05, 0) is 0 Å². The maximum absolute atomic E-state index is 9.10. The third-order valence-corrected chi connectivity index (χ3v) is 1.74. The van der Waals surface area contributed by atoms with Gasteiger partial charge in [-0.2, -0.15) is 0 Å². The summed E-state index contributed by atoms with van der Waals surface area (Å²) in [5.41, 5.74) is 10.5. The van der Waals surface area contributed by atoms with Crippen LogP contribution in [0.15, 0.2) is 24.3 Å². The first-order valence-electron chi connectivity index (χ1n) is 4.02. The SMILES string of the molecule is NCCN.[OH]/[Fe]=[CH]/c1ccccc1O. The van der Waals surface area contributed by atoms with Crippen molar-refractivity contribution in [1.82, 2.24) is 0 Å². The van der Waals surface area contributed by atoms with Crippen molar-refractivity contribution in [2.75, 3.05) is 13.1 Å². The van der Waals surface area contributed by atoms with Crippen molar-refractivity contribution in [1.29, 1.82) is 0 Å². The molecule has 0 aliphatic heterocycles. The molecule has 0 radical (unpaired) electrons. The Bertz CT molecular complexity index is 277. The van der Waals surface area contributed by atoms with Crippen LogP contribution in [0.5, 0.6) is 5.75 Å². The van der Waals surface area contributed by atoms with Crippen LogP contribution in [0.2, 0.25) is 0 Å². The molecule has 0 aliphatic carbocycles. The van der Waals surface area contributed by atoms with Crippen LogP contribution in [0.1, 0.15) is 5.56 Å². The monoisotopic (exact) mass is 239 g/mol. The summed E-state index contributed by atoms with van der Waals surface area (Å²) in [7, 11) is 0. The molecule has 5 heteroatoms. The Morgan fingerprint density at radius 3 is 2.21 bits per heavy atom. The zero-order valence-corrected chi connectivity index (χ0v) is 8.81. The second-order valence-corrected chi connectivity index (χ2v) is 2.93. The van der Waals surface area contributed by atoms with Gasteiger partial charge in [0.05, 0.1) is 0 Å². The quantitative estimate of drug-likeness (QED) is 0.520. The number of para-hydroxylation sites is 1. The number of phenolic OH excluding ortho intramolecular Hbond substituents is 1. The van der Waals surface area contributed by atoms with E-state index >= 15 is 0 Å². The summed E-state index contributed by atoms with van der Waals surface area (Å²) in [6.45, 7) is 1.19. The molecule has 0 amide bonds. The molecule has 0 saturated carbocycles. The van der Waals surface area contributed by atoms with Gasteiger partial charge in [-0.25, -0.2) is 0 Å². The van der Waals surface area contributed by atoms with Gasteiger partial charge in [0.15, 0.2) is 0 Å². The first kappa shape index (κ1) is 13.3. The molecular weight excluding hydrogens is 224 g/mol. The molecule has 0 saturated heterocycles. The van der Waals surface area contributed by atoms with Crippen LogP contribution in [0.3, 0.4) is 0 Å². The third-order valence-electron chi connectivity index (χ3n) is 1.26. The number of aromatic hydroxyl groups is 1. The molecule has 0 atom stereocenters. The van der Waals surface area contributed by atoms with Crippen molar-refractivity contribution in [3.8, 4) is 5.75 Å². The van der Waals surface area contributed by atoms with E-state index < -0.39 is 0 Å². The van der Waals surface area contributed by atoms with E-state index in [1.165, 1.54) is 0 Å². The number of phenols is 1. The topological polar surface area (TPSA) is 92.5 Å². The molecule has 1 aromatic rings. The minimum absolute atomic E-state index is 0.0441. The van der Waals surface area contributed by atoms with Gasteiger partial charge in [-0.15, -0.1) is 0 Å². The van der Waals surface area contributed by atoms with Crippen LogP contribution >= 0.6 is 0 Å². The number of benzene rings is 1. The molecule has 0 unspecified atom stereocenters. The Morgan fingerprint density at radius 1 is 1.21 bits per heavy atom. The first-order chi connectivity index (χ1) is 6.76. The van der Waals surface area contributed by atoms with Crippen molar-refractivity contribution < 1.29 is 24.1 Å². The predicted molar refractivity (Wildman–Crippen MR) is 53.6 cm³/mol. The predicted octanol–water partition coefficient (Wildman–Crippen LogP) is -0.564. The minimum atomic E-state index is -0.0441. The molecule has 0 aromatic heterocycles. The fourth-order valence-electron chi connectivity index (χ4n) is 0.623. The van der Waals surface area contributed by atoms with Gasteiger partial charge < -0.3 is 11.5 Å². The Morgan fingerprint density at radius 2 is 1.79 bits per heavy atom. The average Bonchev–Trinajstić information content (AvgIpc) is 2.22. The van der Waals surface area contributed by atoms with Crippen molar-refractivity contribution in [3.05, 3.63) is 29.8 Å². The molecule has 81 valence electrons. The molecule has 1 rings (SSSR count). The molecule has 0 fully saturated rings. The molecular formula is C9H15FeN2O2. The fourth-order valence-corrected chi connectivity index (χ4v) is 1.05. The van der Waals surface area contributed by atoms with Gasteiger partial charge in [0, 0.05) is 13.1 Å². The summed E-state index contributed by atoms with van der Waals surface area (Å²) in [5.74, 6) is 0.205. The van der Waals surface area contributed by atoms with Crippen LogP contribution < -0.4 is 11.5 Å². The molecule has 0 spiro atoms. The number of rotatable bonds is 2. The van der Waals surface area contributed by atoms with Gasteiger partial charge in [0.2, 0.25) is 0 Å². The van der Waals surface area contributed by atoms with E-state index in [2.05, 4.69) is 0 Å². The second-order valence-electron chi connectivity index (χ2n) is 2.33. The molecule has 0 aliphatic rings. The van der Waals surface area contributed by atoms with Gasteiger partial charge in [0.1, 0.15) is 0 Å². The Labute approximate surface area is 89.6 Å². The fraction of sp³-hybridized carbons (Fsp3) is 0.222. The Kier molecular flexibility index (Phi) is 8.42. The average molecular weight is 239 g/mol. The molecule has 4 nitrogen and oxygen atoms in total. The third kappa shape index (κ3) is 5.85. The second kappa shape index (κ2) is 8.87. The summed E-state index contributed by atoms with van der Waals surface area (Å²) in [6.07, 6.45) is 0. The van der Waals surface area contributed by atoms with Gasteiger partial charge in [-0.1, -0.05) is 0 Å². The summed E-state index contributed by atoms with van der Waals surface area (Å²) < 4.78 is 8.48.